The second-order valence-corrected chi connectivity index (χ2v) is 7.40. The summed E-state index contributed by atoms with van der Waals surface area (Å²) in [5, 5.41) is 3.12. The molecule has 0 fully saturated rings. The minimum absolute atomic E-state index is 0.128. The topological polar surface area (TPSA) is 58.5 Å². The van der Waals surface area contributed by atoms with E-state index in [1.807, 2.05) is 91.9 Å². The fraction of sp³-hybridized carbons (Fsp3) is 0.240. The van der Waals surface area contributed by atoms with Crippen LogP contribution in [0.4, 0.5) is 0 Å². The van der Waals surface area contributed by atoms with E-state index in [9.17, 15) is 9.59 Å². The van der Waals surface area contributed by atoms with E-state index in [2.05, 4.69) is 5.32 Å². The number of amides is 1. The van der Waals surface area contributed by atoms with E-state index in [1.54, 1.807) is 0 Å². The lowest BCUT2D eigenvalue weighted by molar-refractivity contribution is -0.133. The highest BCUT2D eigenvalue weighted by Gasteiger charge is 2.44. The van der Waals surface area contributed by atoms with E-state index in [-0.39, 0.29) is 29.7 Å². The predicted octanol–water partition coefficient (Wildman–Crippen LogP) is 4.05. The van der Waals surface area contributed by atoms with E-state index >= 15 is 0 Å². The number of allylic oxidation sites excluding steroid dienone is 2. The van der Waals surface area contributed by atoms with Gasteiger partial charge in [-0.3, -0.25) is 14.6 Å². The Hall–Kier alpha value is -3.27. The summed E-state index contributed by atoms with van der Waals surface area (Å²) in [4.78, 5) is 31.4. The minimum atomic E-state index is -0.785. The second kappa shape index (κ2) is 8.39. The van der Waals surface area contributed by atoms with Gasteiger partial charge in [-0.2, -0.15) is 0 Å². The zero-order valence-corrected chi connectivity index (χ0v) is 16.4. The largest absolute Gasteiger partial charge is 0.349 e. The highest BCUT2D eigenvalue weighted by atomic mass is 16.2. The second-order valence-electron chi connectivity index (χ2n) is 7.40. The third-order valence-corrected chi connectivity index (χ3v) is 5.58. The Morgan fingerprint density at radius 2 is 1.66 bits per heavy atom. The molecule has 4 rings (SSSR count). The predicted molar refractivity (Wildman–Crippen MR) is 115 cm³/mol. The average Bonchev–Trinajstić information content (AvgIpc) is 2.78. The monoisotopic (exact) mass is 384 g/mol. The van der Waals surface area contributed by atoms with Crippen LogP contribution in [-0.4, -0.2) is 23.4 Å². The number of carbonyl (C=O) groups excluding carboxylic acids is 2. The van der Waals surface area contributed by atoms with Crippen LogP contribution in [0.25, 0.3) is 0 Å². The number of Topliss-reactive ketones (excluding diaryl/α,β-unsaturated/α-hetero) is 1. The lowest BCUT2D eigenvalue weighted by atomic mass is 9.75. The molecule has 0 bridgehead atoms. The van der Waals surface area contributed by atoms with Gasteiger partial charge in [0, 0.05) is 11.5 Å². The van der Waals surface area contributed by atoms with Crippen LogP contribution in [-0.2, 0) is 9.59 Å². The molecule has 1 N–H and O–H groups in total. The number of carbonyl (C=O) groups is 2. The quantitative estimate of drug-likeness (QED) is 0.791. The number of ketones is 1. The first-order valence-corrected chi connectivity index (χ1v) is 10.1. The average molecular weight is 384 g/mol. The van der Waals surface area contributed by atoms with Crippen LogP contribution in [0.2, 0.25) is 0 Å². The van der Waals surface area contributed by atoms with Crippen LogP contribution < -0.4 is 5.32 Å². The molecule has 2 aromatic rings. The van der Waals surface area contributed by atoms with Crippen molar-refractivity contribution in [2.45, 2.75) is 25.4 Å². The van der Waals surface area contributed by atoms with Gasteiger partial charge in [-0.05, 0) is 12.0 Å². The molecule has 0 radical (unpaired) electrons. The highest BCUT2D eigenvalue weighted by Crippen LogP contribution is 2.32. The number of fused-ring (bicyclic) bond motifs is 1. The van der Waals surface area contributed by atoms with Gasteiger partial charge in [0.05, 0.1) is 12.1 Å². The number of aliphatic imine (C=N–C) groups is 1. The Balaban J connectivity index is 1.65. The van der Waals surface area contributed by atoms with Gasteiger partial charge < -0.3 is 5.32 Å². The molecule has 1 aliphatic carbocycles. The maximum absolute atomic E-state index is 13.4. The molecule has 0 saturated carbocycles. The standard InChI is InChI=1S/C25H24N2O2/c1-2-20(17-11-5-3-6-12-17)27-25(29)22-19-15-9-10-16-21(19)26-23(24(22)28)18-13-7-4-8-14-18/h3-16,19-22H,2H2,1H3,(H,27,29). The molecule has 1 heterocycles. The number of rotatable bonds is 5. The van der Waals surface area contributed by atoms with Crippen molar-refractivity contribution in [1.82, 2.24) is 5.32 Å². The van der Waals surface area contributed by atoms with Gasteiger partial charge in [-0.1, -0.05) is 91.9 Å². The van der Waals surface area contributed by atoms with Crippen molar-refractivity contribution in [1.29, 1.82) is 0 Å². The van der Waals surface area contributed by atoms with Crippen molar-refractivity contribution >= 4 is 17.4 Å². The maximum Gasteiger partial charge on any atom is 0.232 e. The van der Waals surface area contributed by atoms with Gasteiger partial charge in [0.15, 0.2) is 5.78 Å². The van der Waals surface area contributed by atoms with Gasteiger partial charge in [0.2, 0.25) is 5.91 Å². The van der Waals surface area contributed by atoms with Crippen LogP contribution in [0.1, 0.15) is 30.5 Å². The number of hydrogen-bond donors (Lipinski definition) is 1. The van der Waals surface area contributed by atoms with Gasteiger partial charge in [0.1, 0.15) is 11.6 Å². The van der Waals surface area contributed by atoms with Gasteiger partial charge in [0.25, 0.3) is 0 Å². The first-order chi connectivity index (χ1) is 14.2. The molecular weight excluding hydrogens is 360 g/mol. The fourth-order valence-electron chi connectivity index (χ4n) is 4.06. The molecule has 29 heavy (non-hydrogen) atoms. The van der Waals surface area contributed by atoms with Crippen LogP contribution in [0.5, 0.6) is 0 Å². The third kappa shape index (κ3) is 3.83. The van der Waals surface area contributed by atoms with Crippen LogP contribution in [0, 0.1) is 11.8 Å². The first-order valence-electron chi connectivity index (χ1n) is 10.1. The van der Waals surface area contributed by atoms with Crippen molar-refractivity contribution < 1.29 is 9.59 Å². The Morgan fingerprint density at radius 1 is 1.00 bits per heavy atom. The number of nitrogens with one attached hydrogen (secondary N) is 1. The molecule has 4 atom stereocenters. The van der Waals surface area contributed by atoms with Crippen LogP contribution in [0.15, 0.2) is 90.0 Å². The van der Waals surface area contributed by atoms with E-state index in [4.69, 9.17) is 4.99 Å². The fourth-order valence-corrected chi connectivity index (χ4v) is 4.06. The zero-order valence-electron chi connectivity index (χ0n) is 16.4. The molecule has 4 heteroatoms. The molecule has 2 aliphatic rings. The maximum atomic E-state index is 13.4. The Morgan fingerprint density at radius 3 is 2.34 bits per heavy atom. The van der Waals surface area contributed by atoms with Crippen molar-refractivity contribution in [3.8, 4) is 0 Å². The van der Waals surface area contributed by atoms with Gasteiger partial charge in [-0.25, -0.2) is 0 Å². The minimum Gasteiger partial charge on any atom is -0.349 e. The smallest absolute Gasteiger partial charge is 0.232 e. The van der Waals surface area contributed by atoms with Gasteiger partial charge >= 0.3 is 0 Å². The summed E-state index contributed by atoms with van der Waals surface area (Å²) in [6.45, 7) is 2.03. The van der Waals surface area contributed by atoms with Crippen molar-refractivity contribution in [3.05, 3.63) is 96.1 Å². The van der Waals surface area contributed by atoms with Crippen molar-refractivity contribution in [2.24, 2.45) is 16.8 Å². The first kappa shape index (κ1) is 19.1. The Labute approximate surface area is 171 Å². The van der Waals surface area contributed by atoms with Crippen LogP contribution >= 0.6 is 0 Å². The van der Waals surface area contributed by atoms with Crippen LogP contribution in [0.3, 0.4) is 0 Å². The molecule has 4 nitrogen and oxygen atoms in total. The van der Waals surface area contributed by atoms with E-state index in [1.165, 1.54) is 0 Å². The molecule has 146 valence electrons. The molecule has 0 aromatic heterocycles. The Kier molecular flexibility index (Phi) is 5.52. The number of nitrogens with zero attached hydrogens (tertiary/aromatic N) is 1. The molecule has 1 aliphatic heterocycles. The molecule has 4 unspecified atom stereocenters. The summed E-state index contributed by atoms with van der Waals surface area (Å²) >= 11 is 0. The summed E-state index contributed by atoms with van der Waals surface area (Å²) in [7, 11) is 0. The summed E-state index contributed by atoms with van der Waals surface area (Å²) in [5.74, 6) is -1.48. The molecule has 0 spiro atoms. The number of hydrogen-bond acceptors (Lipinski definition) is 3. The highest BCUT2D eigenvalue weighted by molar-refractivity contribution is 6.49. The summed E-state index contributed by atoms with van der Waals surface area (Å²) in [6.07, 6.45) is 8.47. The zero-order chi connectivity index (χ0) is 20.2. The molecule has 0 saturated heterocycles. The van der Waals surface area contributed by atoms with Crippen molar-refractivity contribution in [3.63, 3.8) is 0 Å². The molecule has 1 amide bonds. The van der Waals surface area contributed by atoms with Crippen molar-refractivity contribution in [2.75, 3.05) is 0 Å². The Bertz CT molecular complexity index is 976. The summed E-state index contributed by atoms with van der Waals surface area (Å²) < 4.78 is 0. The lowest BCUT2D eigenvalue weighted by Gasteiger charge is -2.33. The molecule has 2 aromatic carbocycles. The normalized spacial score (nSPS) is 23.8. The SMILES string of the molecule is CCC(NC(=O)C1C(=O)C(c2ccccc2)=NC2C=CC=CC21)c1ccccc1. The van der Waals surface area contributed by atoms with E-state index < -0.39 is 5.92 Å². The third-order valence-electron chi connectivity index (χ3n) is 5.58. The van der Waals surface area contributed by atoms with Gasteiger partial charge in [-0.15, -0.1) is 0 Å². The number of benzene rings is 2. The summed E-state index contributed by atoms with van der Waals surface area (Å²) in [5.41, 5.74) is 2.19. The summed E-state index contributed by atoms with van der Waals surface area (Å²) in [6, 6.07) is 18.9. The molecular formula is C25H24N2O2. The van der Waals surface area contributed by atoms with E-state index in [0.717, 1.165) is 17.5 Å². The van der Waals surface area contributed by atoms with E-state index in [0.29, 0.717) is 5.71 Å². The lowest BCUT2D eigenvalue weighted by Crippen LogP contribution is -2.49.